The first-order valence-electron chi connectivity index (χ1n) is 4.30. The molecule has 13 heavy (non-hydrogen) atoms. The van der Waals surface area contributed by atoms with Gasteiger partial charge in [-0.2, -0.15) is 5.10 Å². The molecule has 0 aromatic carbocycles. The zero-order chi connectivity index (χ0) is 9.84. The fourth-order valence-electron chi connectivity index (χ4n) is 1.02. The van der Waals surface area contributed by atoms with E-state index in [1.54, 1.807) is 23.7 Å². The molecule has 0 N–H and O–H groups in total. The summed E-state index contributed by atoms with van der Waals surface area (Å²) in [5.41, 5.74) is 0.984. The first-order chi connectivity index (χ1) is 6.09. The molecule has 1 aromatic heterocycles. The predicted octanol–water partition coefficient (Wildman–Crippen LogP) is 0.670. The van der Waals surface area contributed by atoms with Crippen molar-refractivity contribution in [2.75, 3.05) is 14.1 Å². The van der Waals surface area contributed by atoms with Crippen LogP contribution in [0.3, 0.4) is 0 Å². The van der Waals surface area contributed by atoms with Crippen molar-refractivity contribution in [2.45, 2.75) is 19.9 Å². The minimum absolute atomic E-state index is 0.133. The van der Waals surface area contributed by atoms with Crippen LogP contribution in [-0.4, -0.2) is 34.7 Å². The second-order valence-corrected chi connectivity index (χ2v) is 3.26. The summed E-state index contributed by atoms with van der Waals surface area (Å²) in [6.45, 7) is 2.59. The van der Waals surface area contributed by atoms with Gasteiger partial charge in [0.2, 0.25) is 5.91 Å². The highest BCUT2D eigenvalue weighted by atomic mass is 16.2. The van der Waals surface area contributed by atoms with Gasteiger partial charge in [0.15, 0.2) is 0 Å². The molecule has 4 heteroatoms. The molecule has 0 radical (unpaired) electrons. The molecule has 1 heterocycles. The number of carbonyl (C=O) groups excluding carboxylic acids is 1. The largest absolute Gasteiger partial charge is 0.349 e. The lowest BCUT2D eigenvalue weighted by molar-refractivity contribution is -0.128. The van der Waals surface area contributed by atoms with Crippen LogP contribution in [0.4, 0.5) is 0 Å². The lowest BCUT2D eigenvalue weighted by atomic mass is 10.4. The van der Waals surface area contributed by atoms with Crippen LogP contribution < -0.4 is 0 Å². The van der Waals surface area contributed by atoms with Crippen molar-refractivity contribution in [1.29, 1.82) is 0 Å². The van der Waals surface area contributed by atoms with Gasteiger partial charge in [-0.15, -0.1) is 0 Å². The monoisotopic (exact) mass is 181 g/mol. The first-order valence-corrected chi connectivity index (χ1v) is 4.30. The van der Waals surface area contributed by atoms with Gasteiger partial charge in [0.1, 0.15) is 0 Å². The molecule has 1 aromatic rings. The summed E-state index contributed by atoms with van der Waals surface area (Å²) in [6, 6.07) is 1.93. The van der Waals surface area contributed by atoms with E-state index in [0.717, 1.165) is 5.69 Å². The van der Waals surface area contributed by atoms with Crippen LogP contribution in [0.25, 0.3) is 0 Å². The second kappa shape index (κ2) is 4.07. The zero-order valence-corrected chi connectivity index (χ0v) is 8.32. The Balaban J connectivity index is 2.39. The molecule has 0 spiro atoms. The Labute approximate surface area is 78.1 Å². The zero-order valence-electron chi connectivity index (χ0n) is 8.32. The minimum atomic E-state index is 0.133. The number of rotatable bonds is 3. The molecule has 1 rings (SSSR count). The fourth-order valence-corrected chi connectivity index (χ4v) is 1.02. The summed E-state index contributed by atoms with van der Waals surface area (Å²) in [4.78, 5) is 12.8. The maximum atomic E-state index is 11.2. The summed E-state index contributed by atoms with van der Waals surface area (Å²) < 4.78 is 1.79. The minimum Gasteiger partial charge on any atom is -0.349 e. The third kappa shape index (κ3) is 2.89. The molecule has 1 amide bonds. The van der Waals surface area contributed by atoms with Crippen molar-refractivity contribution in [3.8, 4) is 0 Å². The molecular weight excluding hydrogens is 166 g/mol. The lowest BCUT2D eigenvalue weighted by Crippen LogP contribution is -2.22. The van der Waals surface area contributed by atoms with E-state index in [4.69, 9.17) is 0 Å². The van der Waals surface area contributed by atoms with Gasteiger partial charge in [-0.05, 0) is 13.0 Å². The van der Waals surface area contributed by atoms with E-state index in [9.17, 15) is 4.79 Å². The van der Waals surface area contributed by atoms with Crippen molar-refractivity contribution >= 4 is 5.91 Å². The molecule has 0 atom stereocenters. The first kappa shape index (κ1) is 9.77. The molecule has 0 saturated carbocycles. The topological polar surface area (TPSA) is 38.1 Å². The molecule has 4 nitrogen and oxygen atoms in total. The number of carbonyl (C=O) groups is 1. The number of aryl methyl sites for hydroxylation is 2. The van der Waals surface area contributed by atoms with Gasteiger partial charge in [0, 0.05) is 33.3 Å². The predicted molar refractivity (Wildman–Crippen MR) is 50.3 cm³/mol. The van der Waals surface area contributed by atoms with E-state index < -0.39 is 0 Å². The van der Waals surface area contributed by atoms with Crippen LogP contribution in [0, 0.1) is 6.92 Å². The van der Waals surface area contributed by atoms with Gasteiger partial charge < -0.3 is 4.90 Å². The number of hydrogen-bond acceptors (Lipinski definition) is 2. The van der Waals surface area contributed by atoms with Gasteiger partial charge in [-0.3, -0.25) is 9.48 Å². The van der Waals surface area contributed by atoms with Crippen molar-refractivity contribution < 1.29 is 4.79 Å². The molecule has 0 unspecified atom stereocenters. The van der Waals surface area contributed by atoms with E-state index in [1.807, 2.05) is 19.2 Å². The lowest BCUT2D eigenvalue weighted by Gasteiger charge is -2.09. The Morgan fingerprint density at radius 3 is 2.77 bits per heavy atom. The Hall–Kier alpha value is -1.32. The average molecular weight is 181 g/mol. The SMILES string of the molecule is Cc1ccn(CCC(=O)N(C)C)n1. The van der Waals surface area contributed by atoms with Gasteiger partial charge in [-0.25, -0.2) is 0 Å². The van der Waals surface area contributed by atoms with Crippen molar-refractivity contribution in [3.63, 3.8) is 0 Å². The summed E-state index contributed by atoms with van der Waals surface area (Å²) in [5, 5.41) is 4.19. The quantitative estimate of drug-likeness (QED) is 0.687. The highest BCUT2D eigenvalue weighted by molar-refractivity contribution is 5.75. The van der Waals surface area contributed by atoms with E-state index in [0.29, 0.717) is 13.0 Å². The van der Waals surface area contributed by atoms with E-state index in [1.165, 1.54) is 0 Å². The molecule has 72 valence electrons. The number of aromatic nitrogens is 2. The fraction of sp³-hybridized carbons (Fsp3) is 0.556. The highest BCUT2D eigenvalue weighted by Gasteiger charge is 2.03. The third-order valence-corrected chi connectivity index (χ3v) is 1.83. The van der Waals surface area contributed by atoms with Gasteiger partial charge >= 0.3 is 0 Å². The molecule has 0 aliphatic carbocycles. The maximum Gasteiger partial charge on any atom is 0.223 e. The summed E-state index contributed by atoms with van der Waals surface area (Å²) in [7, 11) is 3.52. The van der Waals surface area contributed by atoms with Crippen LogP contribution >= 0.6 is 0 Å². The molecule has 0 aliphatic rings. The van der Waals surface area contributed by atoms with Gasteiger partial charge in [0.05, 0.1) is 5.69 Å². The van der Waals surface area contributed by atoms with Crippen LogP contribution in [0.2, 0.25) is 0 Å². The molecular formula is C9H15N3O. The number of amides is 1. The highest BCUT2D eigenvalue weighted by Crippen LogP contribution is 1.96. The number of hydrogen-bond donors (Lipinski definition) is 0. The van der Waals surface area contributed by atoms with Crippen molar-refractivity contribution in [3.05, 3.63) is 18.0 Å². The smallest absolute Gasteiger partial charge is 0.223 e. The standard InChI is InChI=1S/C9H15N3O/c1-8-4-6-12(10-8)7-5-9(13)11(2)3/h4,6H,5,7H2,1-3H3. The summed E-state index contributed by atoms with van der Waals surface area (Å²) in [5.74, 6) is 0.133. The molecule has 0 aliphatic heterocycles. The summed E-state index contributed by atoms with van der Waals surface area (Å²) >= 11 is 0. The Morgan fingerprint density at radius 1 is 1.62 bits per heavy atom. The Bertz CT molecular complexity index is 291. The van der Waals surface area contributed by atoms with E-state index in [-0.39, 0.29) is 5.91 Å². The van der Waals surface area contributed by atoms with Gasteiger partial charge in [-0.1, -0.05) is 0 Å². The number of nitrogens with zero attached hydrogens (tertiary/aromatic N) is 3. The molecule has 0 saturated heterocycles. The Kier molecular flexibility index (Phi) is 3.06. The normalized spacial score (nSPS) is 10.1. The van der Waals surface area contributed by atoms with Crippen LogP contribution in [0.1, 0.15) is 12.1 Å². The van der Waals surface area contributed by atoms with Gasteiger partial charge in [0.25, 0.3) is 0 Å². The molecule has 0 bridgehead atoms. The van der Waals surface area contributed by atoms with E-state index >= 15 is 0 Å². The van der Waals surface area contributed by atoms with Crippen LogP contribution in [0.5, 0.6) is 0 Å². The Morgan fingerprint density at radius 2 is 2.31 bits per heavy atom. The second-order valence-electron chi connectivity index (χ2n) is 3.26. The summed E-state index contributed by atoms with van der Waals surface area (Å²) in [6.07, 6.45) is 2.40. The third-order valence-electron chi connectivity index (χ3n) is 1.83. The maximum absolute atomic E-state index is 11.2. The van der Waals surface area contributed by atoms with Crippen LogP contribution in [-0.2, 0) is 11.3 Å². The molecule has 0 fully saturated rings. The average Bonchev–Trinajstić information content (AvgIpc) is 2.47. The van der Waals surface area contributed by atoms with Crippen molar-refractivity contribution in [2.24, 2.45) is 0 Å². The van der Waals surface area contributed by atoms with Crippen LogP contribution in [0.15, 0.2) is 12.3 Å². The van der Waals surface area contributed by atoms with Crippen molar-refractivity contribution in [1.82, 2.24) is 14.7 Å². The van der Waals surface area contributed by atoms with E-state index in [2.05, 4.69) is 5.10 Å².